The normalized spacial score (nSPS) is 14.1. The van der Waals surface area contributed by atoms with Crippen molar-refractivity contribution in [2.75, 3.05) is 26.2 Å². The van der Waals surface area contributed by atoms with Crippen molar-refractivity contribution in [2.45, 2.75) is 32.6 Å². The summed E-state index contributed by atoms with van der Waals surface area (Å²) in [5, 5.41) is 0. The molecule has 32 heavy (non-hydrogen) atoms. The molecule has 1 N–H and O–H groups in total. The Balaban J connectivity index is 1.25. The van der Waals surface area contributed by atoms with E-state index < -0.39 is 0 Å². The number of amides is 2. The van der Waals surface area contributed by atoms with E-state index in [-0.39, 0.29) is 11.8 Å². The number of H-pyrrole nitrogens is 1. The number of carbonyl (C=O) groups is 2. The highest BCUT2D eigenvalue weighted by Crippen LogP contribution is 2.19. The highest BCUT2D eigenvalue weighted by atomic mass is 16.2. The minimum absolute atomic E-state index is 0.0484. The van der Waals surface area contributed by atoms with Gasteiger partial charge in [0.15, 0.2) is 0 Å². The second kappa shape index (κ2) is 9.86. The average molecular weight is 430 g/mol. The average Bonchev–Trinajstić information content (AvgIpc) is 3.32. The number of aryl methyl sites for hydroxylation is 1. The largest absolute Gasteiger partial charge is 0.358 e. The predicted molar refractivity (Wildman–Crippen MR) is 128 cm³/mol. The van der Waals surface area contributed by atoms with Crippen molar-refractivity contribution in [1.29, 1.82) is 0 Å². The number of nitrogens with zero attached hydrogens (tertiary/aromatic N) is 2. The second-order valence-electron chi connectivity index (χ2n) is 8.71. The molecule has 3 aromatic rings. The zero-order valence-electron chi connectivity index (χ0n) is 18.9. The Morgan fingerprint density at radius 2 is 1.50 bits per heavy atom. The fraction of sp³-hybridized carbons (Fsp3) is 0.333. The van der Waals surface area contributed by atoms with Gasteiger partial charge in [-0.2, -0.15) is 0 Å². The first-order valence-corrected chi connectivity index (χ1v) is 11.4. The first-order chi connectivity index (χ1) is 15.5. The second-order valence-corrected chi connectivity index (χ2v) is 8.71. The lowest BCUT2D eigenvalue weighted by Crippen LogP contribution is -2.50. The Morgan fingerprint density at radius 1 is 0.844 bits per heavy atom. The molecule has 5 heteroatoms. The van der Waals surface area contributed by atoms with E-state index in [2.05, 4.69) is 43.1 Å². The van der Waals surface area contributed by atoms with E-state index in [4.69, 9.17) is 0 Å². The van der Waals surface area contributed by atoms with Crippen molar-refractivity contribution >= 4 is 11.8 Å². The molecule has 0 unspecified atom stereocenters. The van der Waals surface area contributed by atoms with Crippen LogP contribution in [0.15, 0.2) is 66.7 Å². The molecule has 0 atom stereocenters. The Bertz CT molecular complexity index is 1050. The summed E-state index contributed by atoms with van der Waals surface area (Å²) in [6.45, 7) is 6.63. The molecule has 0 saturated carbocycles. The molecule has 1 fully saturated rings. The van der Waals surface area contributed by atoms with Crippen LogP contribution in [0.4, 0.5) is 0 Å². The smallest absolute Gasteiger partial charge is 0.253 e. The minimum Gasteiger partial charge on any atom is -0.358 e. The fourth-order valence-electron chi connectivity index (χ4n) is 4.12. The van der Waals surface area contributed by atoms with Gasteiger partial charge in [-0.05, 0) is 47.7 Å². The van der Waals surface area contributed by atoms with Gasteiger partial charge in [-0.25, -0.2) is 0 Å². The van der Waals surface area contributed by atoms with E-state index in [9.17, 15) is 9.59 Å². The maximum atomic E-state index is 12.8. The van der Waals surface area contributed by atoms with Gasteiger partial charge in [-0.15, -0.1) is 0 Å². The molecule has 0 aliphatic carbocycles. The Hall–Kier alpha value is -3.34. The molecule has 0 bridgehead atoms. The van der Waals surface area contributed by atoms with Gasteiger partial charge in [0.25, 0.3) is 5.91 Å². The van der Waals surface area contributed by atoms with Crippen molar-refractivity contribution in [1.82, 2.24) is 14.8 Å². The molecule has 0 spiro atoms. The molecule has 1 aliphatic heterocycles. The highest BCUT2D eigenvalue weighted by molar-refractivity contribution is 5.94. The number of carbonyl (C=O) groups excluding carboxylic acids is 2. The highest BCUT2D eigenvalue weighted by Gasteiger charge is 2.24. The van der Waals surface area contributed by atoms with Crippen LogP contribution in [0.2, 0.25) is 0 Å². The quantitative estimate of drug-likeness (QED) is 0.616. The fourth-order valence-corrected chi connectivity index (χ4v) is 4.12. The van der Waals surface area contributed by atoms with Crippen molar-refractivity contribution in [3.8, 4) is 11.3 Å². The third-order valence-corrected chi connectivity index (χ3v) is 6.18. The molecular formula is C27H31N3O2. The molecule has 2 aromatic carbocycles. The first-order valence-electron chi connectivity index (χ1n) is 11.4. The van der Waals surface area contributed by atoms with Gasteiger partial charge in [0.2, 0.25) is 5.91 Å². The predicted octanol–water partition coefficient (Wildman–Crippen LogP) is 4.72. The lowest BCUT2D eigenvalue weighted by Gasteiger charge is -2.35. The number of aromatic amines is 1. The molecule has 2 amide bonds. The van der Waals surface area contributed by atoms with Crippen LogP contribution < -0.4 is 0 Å². The molecule has 1 saturated heterocycles. The van der Waals surface area contributed by atoms with Gasteiger partial charge in [-0.1, -0.05) is 56.3 Å². The zero-order valence-corrected chi connectivity index (χ0v) is 18.9. The van der Waals surface area contributed by atoms with E-state index in [0.717, 1.165) is 22.5 Å². The molecular weight excluding hydrogens is 398 g/mol. The summed E-state index contributed by atoms with van der Waals surface area (Å²) < 4.78 is 0. The number of rotatable bonds is 6. The van der Waals surface area contributed by atoms with Crippen LogP contribution >= 0.6 is 0 Å². The van der Waals surface area contributed by atoms with Crippen molar-refractivity contribution in [3.05, 3.63) is 83.6 Å². The Morgan fingerprint density at radius 3 is 2.16 bits per heavy atom. The van der Waals surface area contributed by atoms with E-state index in [0.29, 0.717) is 44.9 Å². The maximum absolute atomic E-state index is 12.8. The summed E-state index contributed by atoms with van der Waals surface area (Å²) in [6.07, 6.45) is 1.16. The van der Waals surface area contributed by atoms with Crippen molar-refractivity contribution < 1.29 is 9.59 Å². The van der Waals surface area contributed by atoms with Crippen LogP contribution in [-0.2, 0) is 11.2 Å². The zero-order chi connectivity index (χ0) is 22.5. The lowest BCUT2D eigenvalue weighted by molar-refractivity contribution is -0.132. The van der Waals surface area contributed by atoms with Crippen LogP contribution in [0.1, 0.15) is 47.8 Å². The SMILES string of the molecule is CC(C)c1ccc(C(=O)N2CCN(C(=O)CCc3ccc(-c4ccccc4)[nH]3)CC2)cc1. The van der Waals surface area contributed by atoms with E-state index in [1.807, 2.05) is 52.3 Å². The summed E-state index contributed by atoms with van der Waals surface area (Å²) in [4.78, 5) is 32.7. The van der Waals surface area contributed by atoms with Gasteiger partial charge in [-0.3, -0.25) is 9.59 Å². The minimum atomic E-state index is 0.0484. The van der Waals surface area contributed by atoms with Gasteiger partial charge < -0.3 is 14.8 Å². The van der Waals surface area contributed by atoms with E-state index >= 15 is 0 Å². The molecule has 1 aromatic heterocycles. The molecule has 166 valence electrons. The molecule has 4 rings (SSSR count). The molecule has 1 aliphatic rings. The van der Waals surface area contributed by atoms with Gasteiger partial charge in [0.1, 0.15) is 0 Å². The summed E-state index contributed by atoms with van der Waals surface area (Å²) in [5.41, 5.74) is 5.23. The standard InChI is InChI=1S/C27H31N3O2/c1-20(2)21-8-10-23(11-9-21)27(32)30-18-16-29(17-19-30)26(31)15-13-24-12-14-25(28-24)22-6-4-3-5-7-22/h3-12,14,20,28H,13,15-19H2,1-2H3. The van der Waals surface area contributed by atoms with Crippen molar-refractivity contribution in [3.63, 3.8) is 0 Å². The number of aromatic nitrogens is 1. The summed E-state index contributed by atoms with van der Waals surface area (Å²) >= 11 is 0. The van der Waals surface area contributed by atoms with Crippen LogP contribution in [-0.4, -0.2) is 52.8 Å². The van der Waals surface area contributed by atoms with Crippen molar-refractivity contribution in [2.24, 2.45) is 0 Å². The number of benzene rings is 2. The maximum Gasteiger partial charge on any atom is 0.253 e. The van der Waals surface area contributed by atoms with Crippen LogP contribution in [0.5, 0.6) is 0 Å². The summed E-state index contributed by atoms with van der Waals surface area (Å²) in [6, 6.07) is 22.2. The monoisotopic (exact) mass is 429 g/mol. The third kappa shape index (κ3) is 5.10. The number of nitrogens with one attached hydrogen (secondary N) is 1. The summed E-state index contributed by atoms with van der Waals surface area (Å²) in [7, 11) is 0. The van der Waals surface area contributed by atoms with Crippen LogP contribution in [0.25, 0.3) is 11.3 Å². The van der Waals surface area contributed by atoms with Gasteiger partial charge >= 0.3 is 0 Å². The first kappa shape index (κ1) is 21.9. The number of hydrogen-bond acceptors (Lipinski definition) is 2. The van der Waals surface area contributed by atoms with E-state index in [1.54, 1.807) is 0 Å². The van der Waals surface area contributed by atoms with Gasteiger partial charge in [0.05, 0.1) is 0 Å². The number of piperazine rings is 1. The molecule has 2 heterocycles. The third-order valence-electron chi connectivity index (χ3n) is 6.18. The van der Waals surface area contributed by atoms with Gasteiger partial charge in [0, 0.05) is 49.6 Å². The van der Waals surface area contributed by atoms with Crippen LogP contribution in [0.3, 0.4) is 0 Å². The molecule has 5 nitrogen and oxygen atoms in total. The molecule has 0 radical (unpaired) electrons. The van der Waals surface area contributed by atoms with E-state index in [1.165, 1.54) is 5.56 Å². The lowest BCUT2D eigenvalue weighted by atomic mass is 10.0. The summed E-state index contributed by atoms with van der Waals surface area (Å²) in [5.74, 6) is 0.645. The number of hydrogen-bond donors (Lipinski definition) is 1. The van der Waals surface area contributed by atoms with Crippen LogP contribution in [0, 0.1) is 0 Å². The Kier molecular flexibility index (Phi) is 6.74. The topological polar surface area (TPSA) is 56.4 Å². The Labute approximate surface area is 190 Å².